The van der Waals surface area contributed by atoms with E-state index in [1.807, 2.05) is 19.0 Å². The van der Waals surface area contributed by atoms with Crippen molar-refractivity contribution < 1.29 is 22.8 Å². The zero-order chi connectivity index (χ0) is 20.2. The van der Waals surface area contributed by atoms with Gasteiger partial charge < -0.3 is 15.1 Å². The summed E-state index contributed by atoms with van der Waals surface area (Å²) in [6.07, 6.45) is -4.50. The number of carbonyl (C=O) groups excluding carboxylic acids is 2. The van der Waals surface area contributed by atoms with Crippen molar-refractivity contribution in [3.63, 3.8) is 0 Å². The van der Waals surface area contributed by atoms with Gasteiger partial charge in [0.05, 0.1) is 5.56 Å². The van der Waals surface area contributed by atoms with Crippen LogP contribution in [0.5, 0.6) is 0 Å². The fraction of sp³-hybridized carbons (Fsp3) is 0.263. The first kappa shape index (κ1) is 20.3. The molecule has 2 amide bonds. The molecule has 5 nitrogen and oxygen atoms in total. The molecule has 0 fully saturated rings. The van der Waals surface area contributed by atoms with Crippen LogP contribution in [0, 0.1) is 0 Å². The van der Waals surface area contributed by atoms with E-state index in [2.05, 4.69) is 5.32 Å². The number of alkyl halides is 3. The number of benzene rings is 2. The first-order valence-corrected chi connectivity index (χ1v) is 8.10. The molecule has 0 unspecified atom stereocenters. The molecular weight excluding hydrogens is 359 g/mol. The molecular formula is C19H20F3N3O2. The van der Waals surface area contributed by atoms with Crippen molar-refractivity contribution in [3.05, 3.63) is 54.1 Å². The summed E-state index contributed by atoms with van der Waals surface area (Å²) in [6, 6.07) is 11.3. The van der Waals surface area contributed by atoms with Gasteiger partial charge >= 0.3 is 6.18 Å². The highest BCUT2D eigenvalue weighted by Gasteiger charge is 2.30. The third kappa shape index (κ3) is 5.47. The van der Waals surface area contributed by atoms with E-state index >= 15 is 0 Å². The highest BCUT2D eigenvalue weighted by atomic mass is 19.4. The van der Waals surface area contributed by atoms with Gasteiger partial charge in [-0.2, -0.15) is 13.2 Å². The lowest BCUT2D eigenvalue weighted by atomic mass is 10.2. The molecule has 2 rings (SSSR count). The number of nitrogens with zero attached hydrogens (tertiary/aromatic N) is 2. The molecule has 0 radical (unpaired) electrons. The summed E-state index contributed by atoms with van der Waals surface area (Å²) < 4.78 is 38.3. The van der Waals surface area contributed by atoms with Gasteiger partial charge in [-0.1, -0.05) is 6.07 Å². The minimum absolute atomic E-state index is 0.0151. The van der Waals surface area contributed by atoms with Crippen LogP contribution in [0.25, 0.3) is 0 Å². The lowest BCUT2D eigenvalue weighted by Gasteiger charge is -2.22. The van der Waals surface area contributed by atoms with Crippen LogP contribution in [0.1, 0.15) is 12.5 Å². The molecule has 0 heterocycles. The van der Waals surface area contributed by atoms with Crippen LogP contribution >= 0.6 is 0 Å². The predicted octanol–water partition coefficient (Wildman–Crippen LogP) is 3.76. The summed E-state index contributed by atoms with van der Waals surface area (Å²) in [4.78, 5) is 27.3. The van der Waals surface area contributed by atoms with Gasteiger partial charge in [-0.25, -0.2) is 0 Å². The zero-order valence-corrected chi connectivity index (χ0v) is 15.2. The lowest BCUT2D eigenvalue weighted by molar-refractivity contribution is -0.137. The van der Waals surface area contributed by atoms with E-state index in [9.17, 15) is 22.8 Å². The number of hydrogen-bond acceptors (Lipinski definition) is 3. The summed E-state index contributed by atoms with van der Waals surface area (Å²) >= 11 is 0. The number of rotatable bonds is 5. The van der Waals surface area contributed by atoms with Gasteiger partial charge in [0.2, 0.25) is 11.8 Å². The molecule has 0 aliphatic rings. The van der Waals surface area contributed by atoms with Crippen LogP contribution in [0.2, 0.25) is 0 Å². The topological polar surface area (TPSA) is 52.7 Å². The van der Waals surface area contributed by atoms with Crippen LogP contribution in [0.4, 0.5) is 30.2 Å². The molecule has 2 aromatic carbocycles. The summed E-state index contributed by atoms with van der Waals surface area (Å²) in [5, 5.41) is 2.40. The van der Waals surface area contributed by atoms with E-state index in [0.717, 1.165) is 17.8 Å². The first-order chi connectivity index (χ1) is 12.6. The minimum atomic E-state index is -4.50. The second kappa shape index (κ2) is 8.11. The molecule has 0 aliphatic heterocycles. The molecule has 2 aromatic rings. The van der Waals surface area contributed by atoms with Gasteiger partial charge in [-0.05, 0) is 42.5 Å². The van der Waals surface area contributed by atoms with Crippen LogP contribution in [-0.4, -0.2) is 32.5 Å². The Morgan fingerprint density at radius 3 is 2.11 bits per heavy atom. The third-order valence-electron chi connectivity index (χ3n) is 3.83. The second-order valence-electron chi connectivity index (χ2n) is 6.14. The Kier molecular flexibility index (Phi) is 6.09. The Bertz CT molecular complexity index is 818. The summed E-state index contributed by atoms with van der Waals surface area (Å²) in [5.41, 5.74) is 0.604. The average molecular weight is 379 g/mol. The Labute approximate surface area is 155 Å². The smallest absolute Gasteiger partial charge is 0.378 e. The molecule has 0 saturated heterocycles. The van der Waals surface area contributed by atoms with Gasteiger partial charge in [0.15, 0.2) is 0 Å². The first-order valence-electron chi connectivity index (χ1n) is 8.10. The van der Waals surface area contributed by atoms with Crippen molar-refractivity contribution in [2.45, 2.75) is 13.1 Å². The van der Waals surface area contributed by atoms with Crippen molar-refractivity contribution in [3.8, 4) is 0 Å². The minimum Gasteiger partial charge on any atom is -0.378 e. The van der Waals surface area contributed by atoms with Crippen LogP contribution in [0.15, 0.2) is 48.5 Å². The quantitative estimate of drug-likeness (QED) is 0.861. The zero-order valence-electron chi connectivity index (χ0n) is 15.2. The van der Waals surface area contributed by atoms with Crippen molar-refractivity contribution >= 4 is 28.9 Å². The van der Waals surface area contributed by atoms with Gasteiger partial charge in [-0.15, -0.1) is 0 Å². The lowest BCUT2D eigenvalue weighted by Crippen LogP contribution is -2.36. The van der Waals surface area contributed by atoms with E-state index in [-0.39, 0.29) is 18.1 Å². The Hall–Kier alpha value is -3.03. The van der Waals surface area contributed by atoms with Gasteiger partial charge in [0, 0.05) is 38.1 Å². The maximum absolute atomic E-state index is 12.8. The van der Waals surface area contributed by atoms with Crippen LogP contribution in [-0.2, 0) is 15.8 Å². The number of anilines is 3. The van der Waals surface area contributed by atoms with E-state index in [1.54, 1.807) is 24.3 Å². The fourth-order valence-electron chi connectivity index (χ4n) is 2.43. The van der Waals surface area contributed by atoms with Gasteiger partial charge in [-0.3, -0.25) is 9.59 Å². The molecule has 0 spiro atoms. The maximum atomic E-state index is 12.8. The van der Waals surface area contributed by atoms with E-state index < -0.39 is 17.6 Å². The normalized spacial score (nSPS) is 11.0. The Morgan fingerprint density at radius 2 is 1.59 bits per heavy atom. The second-order valence-corrected chi connectivity index (χ2v) is 6.14. The molecule has 8 heteroatoms. The molecule has 0 aromatic heterocycles. The molecule has 0 atom stereocenters. The summed E-state index contributed by atoms with van der Waals surface area (Å²) in [7, 11) is 3.75. The van der Waals surface area contributed by atoms with Crippen molar-refractivity contribution in [1.29, 1.82) is 0 Å². The maximum Gasteiger partial charge on any atom is 0.416 e. The van der Waals surface area contributed by atoms with Gasteiger partial charge in [0.1, 0.15) is 6.54 Å². The van der Waals surface area contributed by atoms with E-state index in [1.165, 1.54) is 24.0 Å². The largest absolute Gasteiger partial charge is 0.416 e. The number of halogens is 3. The van der Waals surface area contributed by atoms with Crippen molar-refractivity contribution in [2.24, 2.45) is 0 Å². The molecule has 27 heavy (non-hydrogen) atoms. The SMILES string of the molecule is CC(=O)N(CC(=O)Nc1cccc(C(F)(F)F)c1)c1ccc(N(C)C)cc1. The van der Waals surface area contributed by atoms with E-state index in [4.69, 9.17) is 0 Å². The van der Waals surface area contributed by atoms with Crippen LogP contribution < -0.4 is 15.1 Å². The number of nitrogens with one attached hydrogen (secondary N) is 1. The molecule has 0 saturated carbocycles. The summed E-state index contributed by atoms with van der Waals surface area (Å²) in [5.74, 6) is -0.951. The highest BCUT2D eigenvalue weighted by Crippen LogP contribution is 2.30. The molecule has 144 valence electrons. The Balaban J connectivity index is 2.12. The Morgan fingerprint density at radius 1 is 1.00 bits per heavy atom. The third-order valence-corrected chi connectivity index (χ3v) is 3.83. The van der Waals surface area contributed by atoms with E-state index in [0.29, 0.717) is 5.69 Å². The highest BCUT2D eigenvalue weighted by molar-refractivity contribution is 6.01. The van der Waals surface area contributed by atoms with Gasteiger partial charge in [0.25, 0.3) is 0 Å². The monoisotopic (exact) mass is 379 g/mol. The molecule has 0 bridgehead atoms. The molecule has 0 aliphatic carbocycles. The molecule has 1 N–H and O–H groups in total. The van der Waals surface area contributed by atoms with Crippen LogP contribution in [0.3, 0.4) is 0 Å². The van der Waals surface area contributed by atoms with Crippen molar-refractivity contribution in [2.75, 3.05) is 35.8 Å². The summed E-state index contributed by atoms with van der Waals surface area (Å²) in [6.45, 7) is 1.00. The number of hydrogen-bond donors (Lipinski definition) is 1. The average Bonchev–Trinajstić information content (AvgIpc) is 2.59. The predicted molar refractivity (Wildman–Crippen MR) is 98.9 cm³/mol. The standard InChI is InChI=1S/C19H20F3N3O2/c1-13(26)25(17-9-7-16(8-10-17)24(2)3)12-18(27)23-15-6-4-5-14(11-15)19(20,21)22/h4-11H,12H2,1-3H3,(H,23,27). The number of carbonyl (C=O) groups is 2. The fourth-order valence-corrected chi connectivity index (χ4v) is 2.43. The number of amides is 2. The van der Waals surface area contributed by atoms with Crippen molar-refractivity contribution in [1.82, 2.24) is 0 Å².